The van der Waals surface area contributed by atoms with Crippen molar-refractivity contribution in [1.29, 1.82) is 0 Å². The van der Waals surface area contributed by atoms with Gasteiger partial charge in [-0.2, -0.15) is 8.42 Å². The van der Waals surface area contributed by atoms with Gasteiger partial charge < -0.3 is 12.3 Å². The van der Waals surface area contributed by atoms with E-state index in [4.69, 9.17) is 9.47 Å². The second-order valence-corrected chi connectivity index (χ2v) is 7.65. The van der Waals surface area contributed by atoms with Crippen molar-refractivity contribution in [3.05, 3.63) is 29.3 Å². The monoisotopic (exact) mass is 428 g/mol. The zero-order valence-corrected chi connectivity index (χ0v) is 19.3. The average molecular weight is 429 g/mol. The van der Waals surface area contributed by atoms with Crippen LogP contribution in [0, 0.1) is 0 Å². The maximum atomic E-state index is 12.3. The molecule has 0 saturated carbocycles. The number of hydrogen-bond acceptors (Lipinski definition) is 6. The van der Waals surface area contributed by atoms with E-state index in [2.05, 4.69) is 0 Å². The maximum Gasteiger partial charge on any atom is 2.00 e. The fraction of sp³-hybridized carbons (Fsp3) is 0.556. The largest absolute Gasteiger partial charge is 2.00 e. The molecule has 9 heteroatoms. The van der Waals surface area contributed by atoms with Crippen molar-refractivity contribution in [3.63, 3.8) is 0 Å². The molecule has 7 nitrogen and oxygen atoms in total. The summed E-state index contributed by atoms with van der Waals surface area (Å²) in [5.41, 5.74) is -0.281. The van der Waals surface area contributed by atoms with Crippen molar-refractivity contribution in [2.75, 3.05) is 0 Å². The van der Waals surface area contributed by atoms with Gasteiger partial charge in [0.2, 0.25) is 0 Å². The van der Waals surface area contributed by atoms with Gasteiger partial charge >= 0.3 is 49.7 Å². The third kappa shape index (κ3) is 8.91. The van der Waals surface area contributed by atoms with Crippen LogP contribution in [-0.2, 0) is 19.6 Å². The summed E-state index contributed by atoms with van der Waals surface area (Å²) in [4.78, 5) is 24.0. The van der Waals surface area contributed by atoms with Gasteiger partial charge in [0.15, 0.2) is 0 Å². The summed E-state index contributed by atoms with van der Waals surface area (Å²) < 4.78 is 42.7. The van der Waals surface area contributed by atoms with Gasteiger partial charge in [0.05, 0.1) is 28.2 Å². The first kappa shape index (κ1) is 26.3. The third-order valence-corrected chi connectivity index (χ3v) is 4.51. The summed E-state index contributed by atoms with van der Waals surface area (Å²) in [5.74, 6) is -1.54. The molecule has 1 rings (SSSR count). The first-order valence-electron chi connectivity index (χ1n) is 8.63. The number of carbonyl (C=O) groups excluding carboxylic acids is 2. The second kappa shape index (κ2) is 12.0. The Bertz CT molecular complexity index is 712. The molecule has 1 aromatic rings. The molecule has 1 N–H and O–H groups in total. The fourth-order valence-corrected chi connectivity index (χ4v) is 2.97. The molecular weight excluding hydrogens is 400 g/mol. The Balaban J connectivity index is -0.00000225. The molecule has 0 heterocycles. The maximum absolute atomic E-state index is 12.3. The van der Waals surface area contributed by atoms with E-state index in [1.54, 1.807) is 13.8 Å². The van der Waals surface area contributed by atoms with Crippen LogP contribution in [0.4, 0.5) is 0 Å². The average Bonchev–Trinajstić information content (AvgIpc) is 2.53. The Labute approximate surface area is 193 Å². The van der Waals surface area contributed by atoms with Crippen LogP contribution < -0.4 is 0 Å². The van der Waals surface area contributed by atoms with E-state index in [0.29, 0.717) is 12.8 Å². The Morgan fingerprint density at radius 2 is 1.33 bits per heavy atom. The molecule has 2 unspecified atom stereocenters. The summed E-state index contributed by atoms with van der Waals surface area (Å²) >= 11 is 0. The molecule has 150 valence electrons. The summed E-state index contributed by atoms with van der Waals surface area (Å²) in [6.07, 6.45) is 2.20. The normalized spacial score (nSPS) is 13.2. The quantitative estimate of drug-likeness (QED) is 0.364. The van der Waals surface area contributed by atoms with Crippen molar-refractivity contribution in [2.24, 2.45) is 0 Å². The van der Waals surface area contributed by atoms with E-state index in [-0.39, 0.29) is 63.9 Å². The molecule has 0 fully saturated rings. The molecule has 0 radical (unpaired) electrons. The molecule has 0 spiro atoms. The summed E-state index contributed by atoms with van der Waals surface area (Å²) in [5, 5.41) is 0. The molecule has 27 heavy (non-hydrogen) atoms. The Kier molecular flexibility index (Phi) is 11.7. The van der Waals surface area contributed by atoms with E-state index in [1.165, 1.54) is 6.07 Å². The van der Waals surface area contributed by atoms with Crippen LogP contribution in [-0.4, -0.2) is 74.9 Å². The third-order valence-electron chi connectivity index (χ3n) is 3.68. The summed E-state index contributed by atoms with van der Waals surface area (Å²) in [7, 11) is -4.61. The van der Waals surface area contributed by atoms with Gasteiger partial charge in [-0.25, -0.2) is 9.59 Å². The second-order valence-electron chi connectivity index (χ2n) is 6.23. The molecular formula is C18H28CaO7S. The van der Waals surface area contributed by atoms with Crippen molar-refractivity contribution >= 4 is 59.8 Å². The van der Waals surface area contributed by atoms with Gasteiger partial charge in [0.1, 0.15) is 0 Å². The molecule has 2 atom stereocenters. The predicted molar refractivity (Wildman–Crippen MR) is 104 cm³/mol. The van der Waals surface area contributed by atoms with E-state index < -0.39 is 27.0 Å². The van der Waals surface area contributed by atoms with Gasteiger partial charge in [-0.05, 0) is 44.9 Å². The zero-order valence-electron chi connectivity index (χ0n) is 18.2. The molecule has 0 amide bonds. The number of benzene rings is 1. The van der Waals surface area contributed by atoms with Crippen molar-refractivity contribution < 1.29 is 34.9 Å². The number of rotatable bonds is 9. The Hall–Kier alpha value is -0.670. The Morgan fingerprint density at radius 3 is 1.63 bits per heavy atom. The summed E-state index contributed by atoms with van der Waals surface area (Å²) in [6.45, 7) is 7.31. The number of ether oxygens (including phenoxy) is 2. The number of carbonyl (C=O) groups is 2. The van der Waals surface area contributed by atoms with E-state index in [0.717, 1.165) is 25.0 Å². The molecule has 0 bridgehead atoms. The van der Waals surface area contributed by atoms with E-state index in [9.17, 15) is 22.6 Å². The number of hydrogen-bond donors (Lipinski definition) is 1. The van der Waals surface area contributed by atoms with Gasteiger partial charge in [-0.1, -0.05) is 26.7 Å². The smallest absolute Gasteiger partial charge is 1.00 e. The first-order valence-corrected chi connectivity index (χ1v) is 10.1. The van der Waals surface area contributed by atoms with Crippen LogP contribution in [0.15, 0.2) is 23.1 Å². The molecule has 0 aliphatic heterocycles. The fourth-order valence-electron chi connectivity index (χ4n) is 2.42. The van der Waals surface area contributed by atoms with Crippen LogP contribution in [0.5, 0.6) is 0 Å². The minimum atomic E-state index is -4.61. The minimum Gasteiger partial charge on any atom is -1.00 e. The molecule has 0 aromatic heterocycles. The van der Waals surface area contributed by atoms with Gasteiger partial charge in [0.25, 0.3) is 10.1 Å². The van der Waals surface area contributed by atoms with Crippen LogP contribution >= 0.6 is 0 Å². The Morgan fingerprint density at radius 1 is 0.963 bits per heavy atom. The molecule has 0 saturated heterocycles. The standard InChI is InChI=1S/C18H26O7S.Ca.2H/c1-5-7-12(3)24-17(19)14-9-15(11-16(10-14)26(21,22)23)18(20)25-13(4)8-6-2;;;/h9-13H,5-8H2,1-4H3,(H,21,22,23);;;/q;+2;2*-1. The van der Waals surface area contributed by atoms with Crippen LogP contribution in [0.2, 0.25) is 0 Å². The van der Waals surface area contributed by atoms with Crippen LogP contribution in [0.3, 0.4) is 0 Å². The van der Waals surface area contributed by atoms with Crippen LogP contribution in [0.25, 0.3) is 0 Å². The summed E-state index contributed by atoms with van der Waals surface area (Å²) in [6, 6.07) is 3.15. The topological polar surface area (TPSA) is 107 Å². The van der Waals surface area contributed by atoms with Crippen molar-refractivity contribution in [1.82, 2.24) is 0 Å². The first-order chi connectivity index (χ1) is 12.1. The molecule has 0 aliphatic carbocycles. The van der Waals surface area contributed by atoms with Crippen molar-refractivity contribution in [2.45, 2.75) is 70.5 Å². The minimum absolute atomic E-state index is 0. The van der Waals surface area contributed by atoms with Crippen molar-refractivity contribution in [3.8, 4) is 0 Å². The van der Waals surface area contributed by atoms with Crippen LogP contribution in [0.1, 0.15) is 76.9 Å². The predicted octanol–water partition coefficient (Wildman–Crippen LogP) is 3.47. The van der Waals surface area contributed by atoms with Gasteiger partial charge in [-0.15, -0.1) is 0 Å². The molecule has 1 aromatic carbocycles. The zero-order chi connectivity index (χ0) is 19.9. The van der Waals surface area contributed by atoms with Gasteiger partial charge in [0, 0.05) is 0 Å². The van der Waals surface area contributed by atoms with Gasteiger partial charge in [-0.3, -0.25) is 4.55 Å². The van der Waals surface area contributed by atoms with E-state index >= 15 is 0 Å². The number of esters is 2. The van der Waals surface area contributed by atoms with E-state index in [1.807, 2.05) is 13.8 Å². The molecule has 0 aliphatic rings. The SMILES string of the molecule is CCCC(C)OC(=O)c1cc(C(=O)OC(C)CCC)cc(S(=O)(=O)O)c1.[Ca+2].[H-].[H-].